The lowest BCUT2D eigenvalue weighted by atomic mass is 9.96. The Bertz CT molecular complexity index is 494. The summed E-state index contributed by atoms with van der Waals surface area (Å²) in [6.45, 7) is 5.05. The molecule has 2 aliphatic heterocycles. The lowest BCUT2D eigenvalue weighted by Crippen LogP contribution is -2.44. The van der Waals surface area contributed by atoms with Crippen molar-refractivity contribution in [1.82, 2.24) is 4.90 Å². The first-order valence-electron chi connectivity index (χ1n) is 6.81. The quantitative estimate of drug-likeness (QED) is 0.840. The summed E-state index contributed by atoms with van der Waals surface area (Å²) in [6, 6.07) is 6.23. The average molecular weight is 259 g/mol. The molecule has 1 N–H and O–H groups in total. The summed E-state index contributed by atoms with van der Waals surface area (Å²) in [6.07, 6.45) is 8.66. The third-order valence-electron chi connectivity index (χ3n) is 3.77. The van der Waals surface area contributed by atoms with E-state index in [0.29, 0.717) is 5.56 Å². The highest BCUT2D eigenvalue weighted by Gasteiger charge is 2.25. The van der Waals surface area contributed by atoms with Crippen LogP contribution in [-0.4, -0.2) is 28.6 Å². The Morgan fingerprint density at radius 2 is 2.11 bits per heavy atom. The van der Waals surface area contributed by atoms with E-state index in [2.05, 4.69) is 17.2 Å². The molecule has 0 aliphatic carbocycles. The zero-order valence-corrected chi connectivity index (χ0v) is 11.6. The number of carboxylic acids is 1. The van der Waals surface area contributed by atoms with Gasteiger partial charge in [0.2, 0.25) is 0 Å². The Morgan fingerprint density at radius 3 is 2.53 bits per heavy atom. The van der Waals surface area contributed by atoms with Gasteiger partial charge < -0.3 is 10.0 Å². The molecule has 1 unspecified atom stereocenters. The molecule has 1 saturated heterocycles. The van der Waals surface area contributed by atoms with Gasteiger partial charge in [-0.1, -0.05) is 23.8 Å². The summed E-state index contributed by atoms with van der Waals surface area (Å²) in [4.78, 5) is 13.0. The zero-order valence-electron chi connectivity index (χ0n) is 11.6. The largest absolute Gasteiger partial charge is 0.478 e. The number of aryl methyl sites for hydroxylation is 2. The highest BCUT2D eigenvalue weighted by Crippen LogP contribution is 2.25. The molecule has 0 spiro atoms. The van der Waals surface area contributed by atoms with E-state index in [-0.39, 0.29) is 0 Å². The fraction of sp³-hybridized carbons (Fsp3) is 0.438. The number of carbonyl (C=O) groups is 1. The van der Waals surface area contributed by atoms with E-state index in [1.165, 1.54) is 25.8 Å². The summed E-state index contributed by atoms with van der Waals surface area (Å²) >= 11 is 0. The lowest BCUT2D eigenvalue weighted by molar-refractivity contribution is 0.0696. The molecule has 2 heterocycles. The van der Waals surface area contributed by atoms with E-state index in [4.69, 9.17) is 5.11 Å². The van der Waals surface area contributed by atoms with Crippen molar-refractivity contribution in [2.75, 3.05) is 6.54 Å². The number of hydrogen-bond donors (Lipinski definition) is 1. The van der Waals surface area contributed by atoms with Crippen LogP contribution in [0.25, 0.3) is 0 Å². The normalized spacial score (nSPS) is 19.9. The molecule has 3 rings (SSSR count). The van der Waals surface area contributed by atoms with Crippen molar-refractivity contribution in [1.29, 1.82) is 0 Å². The smallest absolute Gasteiger partial charge is 0.335 e. The predicted octanol–water partition coefficient (Wildman–Crippen LogP) is 3.37. The molecule has 2 aliphatic rings. The first kappa shape index (κ1) is 13.7. The minimum Gasteiger partial charge on any atom is -0.478 e. The summed E-state index contributed by atoms with van der Waals surface area (Å²) < 4.78 is 0. The van der Waals surface area contributed by atoms with E-state index < -0.39 is 5.97 Å². The van der Waals surface area contributed by atoms with E-state index >= 15 is 0 Å². The molecule has 3 heteroatoms. The van der Waals surface area contributed by atoms with Gasteiger partial charge in [0.05, 0.1) is 5.56 Å². The van der Waals surface area contributed by atoms with Crippen LogP contribution in [0.2, 0.25) is 0 Å². The molecule has 3 nitrogen and oxygen atoms in total. The number of allylic oxidation sites excluding steroid dienone is 1. The molecule has 0 bridgehead atoms. The second-order valence-electron chi connectivity index (χ2n) is 5.27. The van der Waals surface area contributed by atoms with Gasteiger partial charge in [-0.05, 0) is 50.9 Å². The first-order chi connectivity index (χ1) is 9.08. The maximum Gasteiger partial charge on any atom is 0.335 e. The lowest BCUT2D eigenvalue weighted by Gasteiger charge is -2.42. The second kappa shape index (κ2) is 5.91. The summed E-state index contributed by atoms with van der Waals surface area (Å²) in [5.74, 6) is -0.859. The van der Waals surface area contributed by atoms with Crippen molar-refractivity contribution >= 4 is 5.97 Å². The van der Waals surface area contributed by atoms with Crippen molar-refractivity contribution in [2.45, 2.75) is 39.2 Å². The van der Waals surface area contributed by atoms with Gasteiger partial charge in [-0.2, -0.15) is 0 Å². The number of aromatic carboxylic acids is 1. The standard InChI is InChI=1S/C9H10O2.C7H11N/c1-6-3-4-8(9(10)11)7(2)5-6;1-2-5-8-6-4-7(8)3-1/h3-5H,1-2H3,(H,10,11);2,5,7H,1,3-4,6H2. The van der Waals surface area contributed by atoms with Gasteiger partial charge in [-0.25, -0.2) is 4.79 Å². The van der Waals surface area contributed by atoms with Crippen LogP contribution in [0, 0.1) is 13.8 Å². The van der Waals surface area contributed by atoms with Crippen LogP contribution in [0.4, 0.5) is 0 Å². The van der Waals surface area contributed by atoms with E-state index in [1.54, 1.807) is 19.1 Å². The Labute approximate surface area is 114 Å². The summed E-state index contributed by atoms with van der Waals surface area (Å²) in [5.41, 5.74) is 2.29. The monoisotopic (exact) mass is 259 g/mol. The van der Waals surface area contributed by atoms with E-state index in [0.717, 1.165) is 17.2 Å². The van der Waals surface area contributed by atoms with Crippen molar-refractivity contribution < 1.29 is 9.90 Å². The molecule has 1 atom stereocenters. The highest BCUT2D eigenvalue weighted by atomic mass is 16.4. The maximum atomic E-state index is 10.5. The van der Waals surface area contributed by atoms with Crippen LogP contribution in [0.3, 0.4) is 0 Å². The molecule has 0 amide bonds. The minimum absolute atomic E-state index is 0.385. The first-order valence-corrected chi connectivity index (χ1v) is 6.81. The third-order valence-corrected chi connectivity index (χ3v) is 3.77. The van der Waals surface area contributed by atoms with Crippen LogP contribution in [0.1, 0.15) is 40.7 Å². The number of fused-ring (bicyclic) bond motifs is 1. The molecule has 102 valence electrons. The second-order valence-corrected chi connectivity index (χ2v) is 5.27. The topological polar surface area (TPSA) is 40.5 Å². The van der Waals surface area contributed by atoms with Gasteiger partial charge in [0, 0.05) is 12.6 Å². The predicted molar refractivity (Wildman–Crippen MR) is 76.4 cm³/mol. The van der Waals surface area contributed by atoms with Crippen LogP contribution >= 0.6 is 0 Å². The van der Waals surface area contributed by atoms with Crippen LogP contribution in [0.15, 0.2) is 30.5 Å². The van der Waals surface area contributed by atoms with Gasteiger partial charge in [-0.15, -0.1) is 0 Å². The van der Waals surface area contributed by atoms with Gasteiger partial charge >= 0.3 is 5.97 Å². The van der Waals surface area contributed by atoms with Gasteiger partial charge in [0.15, 0.2) is 0 Å². The van der Waals surface area contributed by atoms with Crippen molar-refractivity contribution in [2.24, 2.45) is 0 Å². The molecule has 19 heavy (non-hydrogen) atoms. The van der Waals surface area contributed by atoms with E-state index in [1.807, 2.05) is 13.0 Å². The molecule has 1 aromatic carbocycles. The van der Waals surface area contributed by atoms with Crippen LogP contribution in [0.5, 0.6) is 0 Å². The highest BCUT2D eigenvalue weighted by molar-refractivity contribution is 5.89. The summed E-state index contributed by atoms with van der Waals surface area (Å²) in [7, 11) is 0. The SMILES string of the molecule is C1=CN2CCC2CC1.Cc1ccc(C(=O)O)c(C)c1. The molecule has 0 saturated carbocycles. The molecule has 1 aromatic rings. The molecular formula is C16H21NO2. The third kappa shape index (κ3) is 3.37. The fourth-order valence-electron chi connectivity index (χ4n) is 2.52. The Kier molecular flexibility index (Phi) is 4.25. The molecular weight excluding hydrogens is 238 g/mol. The van der Waals surface area contributed by atoms with Crippen molar-refractivity contribution in [3.63, 3.8) is 0 Å². The van der Waals surface area contributed by atoms with Gasteiger partial charge in [-0.3, -0.25) is 0 Å². The Balaban J connectivity index is 0.000000146. The van der Waals surface area contributed by atoms with Crippen LogP contribution < -0.4 is 0 Å². The summed E-state index contributed by atoms with van der Waals surface area (Å²) in [5, 5.41) is 8.66. The fourth-order valence-corrected chi connectivity index (χ4v) is 2.52. The number of hydrogen-bond acceptors (Lipinski definition) is 2. The van der Waals surface area contributed by atoms with E-state index in [9.17, 15) is 4.79 Å². The molecule has 1 fully saturated rings. The maximum absolute atomic E-state index is 10.5. The average Bonchev–Trinajstić information content (AvgIpc) is 2.31. The van der Waals surface area contributed by atoms with Crippen molar-refractivity contribution in [3.8, 4) is 0 Å². The molecule has 0 radical (unpaired) electrons. The Hall–Kier alpha value is -1.77. The minimum atomic E-state index is -0.859. The zero-order chi connectivity index (χ0) is 13.8. The Morgan fingerprint density at radius 1 is 1.32 bits per heavy atom. The molecule has 0 aromatic heterocycles. The van der Waals surface area contributed by atoms with Gasteiger partial charge in [0.25, 0.3) is 0 Å². The number of carboxylic acid groups (broad SMARTS) is 1. The number of rotatable bonds is 1. The van der Waals surface area contributed by atoms with Gasteiger partial charge in [0.1, 0.15) is 0 Å². The number of nitrogens with zero attached hydrogens (tertiary/aromatic N) is 1. The van der Waals surface area contributed by atoms with Crippen LogP contribution in [-0.2, 0) is 0 Å². The number of benzene rings is 1. The van der Waals surface area contributed by atoms with Crippen molar-refractivity contribution in [3.05, 3.63) is 47.2 Å².